The van der Waals surface area contributed by atoms with Crippen LogP contribution in [-0.2, 0) is 11.0 Å². The number of carbonyl (C=O) groups is 2. The number of hydrogen-bond donors (Lipinski definition) is 2. The van der Waals surface area contributed by atoms with Crippen LogP contribution in [0.2, 0.25) is 0 Å². The lowest BCUT2D eigenvalue weighted by atomic mass is 9.95. The van der Waals surface area contributed by atoms with Gasteiger partial charge in [0.2, 0.25) is 5.91 Å². The van der Waals surface area contributed by atoms with E-state index in [-0.39, 0.29) is 30.1 Å². The SMILES string of the molecule is NC(c1cccc(C(F)(F)F)c1F)[C@H]1CCC(=O)N1CCSc1nc(C(=O)O)cs1. The molecule has 3 N–H and O–H groups in total. The van der Waals surface area contributed by atoms with Crippen LogP contribution in [0.15, 0.2) is 27.9 Å². The van der Waals surface area contributed by atoms with Crippen molar-refractivity contribution in [3.05, 3.63) is 46.2 Å². The summed E-state index contributed by atoms with van der Waals surface area (Å²) in [6.07, 6.45) is -4.37. The molecule has 1 saturated heterocycles. The zero-order valence-electron chi connectivity index (χ0n) is 15.4. The zero-order valence-corrected chi connectivity index (χ0v) is 17.0. The van der Waals surface area contributed by atoms with Gasteiger partial charge in [-0.3, -0.25) is 4.79 Å². The van der Waals surface area contributed by atoms with Crippen molar-refractivity contribution in [1.82, 2.24) is 9.88 Å². The molecule has 1 aliphatic rings. The number of carboxylic acid groups (broad SMARTS) is 1. The van der Waals surface area contributed by atoms with Gasteiger partial charge in [-0.15, -0.1) is 11.3 Å². The van der Waals surface area contributed by atoms with Gasteiger partial charge in [0.15, 0.2) is 10.0 Å². The maximum absolute atomic E-state index is 14.5. The molecule has 1 aromatic carbocycles. The number of benzene rings is 1. The van der Waals surface area contributed by atoms with E-state index in [2.05, 4.69) is 4.98 Å². The summed E-state index contributed by atoms with van der Waals surface area (Å²) >= 11 is 2.41. The van der Waals surface area contributed by atoms with Crippen molar-refractivity contribution < 1.29 is 32.3 Å². The van der Waals surface area contributed by atoms with E-state index in [1.165, 1.54) is 28.1 Å². The number of aromatic nitrogens is 1. The second-order valence-electron chi connectivity index (χ2n) is 6.58. The Morgan fingerprint density at radius 3 is 2.80 bits per heavy atom. The molecule has 6 nitrogen and oxygen atoms in total. The van der Waals surface area contributed by atoms with Crippen molar-refractivity contribution in [2.75, 3.05) is 12.3 Å². The van der Waals surface area contributed by atoms with Gasteiger partial charge in [0.25, 0.3) is 0 Å². The number of hydrogen-bond acceptors (Lipinski definition) is 6. The first-order valence-corrected chi connectivity index (χ1v) is 10.7. The zero-order chi connectivity index (χ0) is 22.1. The van der Waals surface area contributed by atoms with Gasteiger partial charge < -0.3 is 15.7 Å². The first-order valence-electron chi connectivity index (χ1n) is 8.82. The van der Waals surface area contributed by atoms with E-state index < -0.39 is 35.6 Å². The Bertz CT molecular complexity index is 951. The molecule has 2 heterocycles. The van der Waals surface area contributed by atoms with Crippen LogP contribution >= 0.6 is 23.1 Å². The van der Waals surface area contributed by atoms with Gasteiger partial charge in [-0.05, 0) is 12.5 Å². The molecule has 0 saturated carbocycles. The molecule has 12 heteroatoms. The number of nitrogens with zero attached hydrogens (tertiary/aromatic N) is 2. The minimum absolute atomic E-state index is 0.0698. The number of thiazole rings is 1. The first kappa shape index (κ1) is 22.5. The Labute approximate surface area is 177 Å². The van der Waals surface area contributed by atoms with E-state index in [9.17, 15) is 27.2 Å². The topological polar surface area (TPSA) is 96.5 Å². The highest BCUT2D eigenvalue weighted by Crippen LogP contribution is 2.36. The Balaban J connectivity index is 1.70. The number of amides is 1. The average molecular weight is 463 g/mol. The number of alkyl halides is 3. The third kappa shape index (κ3) is 4.76. The molecule has 1 aromatic heterocycles. The van der Waals surface area contributed by atoms with Crippen molar-refractivity contribution >= 4 is 35.0 Å². The predicted molar refractivity (Wildman–Crippen MR) is 103 cm³/mol. The summed E-state index contributed by atoms with van der Waals surface area (Å²) in [6.45, 7) is 0.227. The van der Waals surface area contributed by atoms with Crippen LogP contribution in [0.3, 0.4) is 0 Å². The molecule has 1 fully saturated rings. The van der Waals surface area contributed by atoms with Crippen LogP contribution in [0.4, 0.5) is 17.6 Å². The van der Waals surface area contributed by atoms with Gasteiger partial charge in [0, 0.05) is 29.7 Å². The first-order chi connectivity index (χ1) is 14.1. The van der Waals surface area contributed by atoms with Crippen molar-refractivity contribution in [3.8, 4) is 0 Å². The molecule has 3 rings (SSSR count). The normalized spacial score (nSPS) is 18.1. The fraction of sp³-hybridized carbons (Fsp3) is 0.389. The molecule has 0 spiro atoms. The number of carboxylic acids is 1. The monoisotopic (exact) mass is 463 g/mol. The molecule has 0 bridgehead atoms. The molecule has 0 aliphatic carbocycles. The van der Waals surface area contributed by atoms with E-state index in [1.54, 1.807) is 0 Å². The Morgan fingerprint density at radius 2 is 2.17 bits per heavy atom. The highest BCUT2D eigenvalue weighted by molar-refractivity contribution is 8.01. The third-order valence-electron chi connectivity index (χ3n) is 4.74. The summed E-state index contributed by atoms with van der Waals surface area (Å²) in [7, 11) is 0. The Hall–Kier alpha value is -2.18. The average Bonchev–Trinajstić information content (AvgIpc) is 3.28. The van der Waals surface area contributed by atoms with Crippen molar-refractivity contribution in [1.29, 1.82) is 0 Å². The number of aromatic carboxylic acids is 1. The summed E-state index contributed by atoms with van der Waals surface area (Å²) in [5, 5.41) is 10.3. The molecule has 2 atom stereocenters. The van der Waals surface area contributed by atoms with Crippen molar-refractivity contribution in [2.24, 2.45) is 5.73 Å². The number of thioether (sulfide) groups is 1. The lowest BCUT2D eigenvalue weighted by Gasteiger charge is -2.30. The summed E-state index contributed by atoms with van der Waals surface area (Å²) in [6, 6.07) is 1.21. The van der Waals surface area contributed by atoms with Gasteiger partial charge in [-0.1, -0.05) is 23.9 Å². The summed E-state index contributed by atoms with van der Waals surface area (Å²) in [5.41, 5.74) is 4.36. The highest BCUT2D eigenvalue weighted by atomic mass is 32.2. The largest absolute Gasteiger partial charge is 0.476 e. The summed E-state index contributed by atoms with van der Waals surface area (Å²) in [4.78, 5) is 28.5. The second kappa shape index (κ2) is 8.90. The number of nitrogens with two attached hydrogens (primary N) is 1. The molecular formula is C18H17F4N3O3S2. The molecule has 0 radical (unpaired) electrons. The fourth-order valence-corrected chi connectivity index (χ4v) is 5.12. The van der Waals surface area contributed by atoms with Gasteiger partial charge >= 0.3 is 12.1 Å². The predicted octanol–water partition coefficient (Wildman–Crippen LogP) is 3.78. The third-order valence-corrected chi connectivity index (χ3v) is 6.74. The van der Waals surface area contributed by atoms with Crippen molar-refractivity contribution in [3.63, 3.8) is 0 Å². The molecule has 30 heavy (non-hydrogen) atoms. The molecule has 162 valence electrons. The molecule has 2 aromatic rings. The van der Waals surface area contributed by atoms with Crippen LogP contribution in [-0.4, -0.2) is 45.2 Å². The lowest BCUT2D eigenvalue weighted by molar-refractivity contribution is -0.140. The van der Waals surface area contributed by atoms with Crippen molar-refractivity contribution in [2.45, 2.75) is 35.4 Å². The standard InChI is InChI=1S/C18H17F4N3O3S2/c19-14-9(2-1-3-10(14)18(20,21)22)15(23)12-4-5-13(26)25(12)6-7-29-17-24-11(8-30-17)16(27)28/h1-3,8,12,15H,4-7,23H2,(H,27,28)/t12-,15?/m1/s1. The lowest BCUT2D eigenvalue weighted by Crippen LogP contribution is -2.42. The maximum Gasteiger partial charge on any atom is 0.419 e. The summed E-state index contributed by atoms with van der Waals surface area (Å²) < 4.78 is 54.0. The Morgan fingerprint density at radius 1 is 1.43 bits per heavy atom. The van der Waals surface area contributed by atoms with Gasteiger partial charge in [0.05, 0.1) is 17.6 Å². The number of halogens is 4. The van der Waals surface area contributed by atoms with E-state index in [1.807, 2.05) is 0 Å². The molecular weight excluding hydrogens is 446 g/mol. The van der Waals surface area contributed by atoms with E-state index in [4.69, 9.17) is 10.8 Å². The van der Waals surface area contributed by atoms with E-state index >= 15 is 0 Å². The molecule has 1 unspecified atom stereocenters. The maximum atomic E-state index is 14.5. The van der Waals surface area contributed by atoms with Gasteiger partial charge in [-0.2, -0.15) is 13.2 Å². The van der Waals surface area contributed by atoms with Crippen LogP contribution in [0.5, 0.6) is 0 Å². The Kier molecular flexibility index (Phi) is 6.68. The molecule has 1 amide bonds. The second-order valence-corrected chi connectivity index (χ2v) is 8.78. The van der Waals surface area contributed by atoms with Crippen LogP contribution in [0.1, 0.15) is 40.5 Å². The van der Waals surface area contributed by atoms with Gasteiger partial charge in [0.1, 0.15) is 5.82 Å². The summed E-state index contributed by atoms with van der Waals surface area (Å²) in [5.74, 6) is -2.39. The highest BCUT2D eigenvalue weighted by Gasteiger charge is 2.39. The quantitative estimate of drug-likeness (QED) is 0.479. The van der Waals surface area contributed by atoms with Gasteiger partial charge in [-0.25, -0.2) is 14.2 Å². The van der Waals surface area contributed by atoms with Crippen LogP contribution < -0.4 is 5.73 Å². The van der Waals surface area contributed by atoms with Crippen LogP contribution in [0.25, 0.3) is 0 Å². The van der Waals surface area contributed by atoms with Crippen LogP contribution in [0, 0.1) is 5.82 Å². The smallest absolute Gasteiger partial charge is 0.419 e. The number of likely N-dealkylation sites (tertiary alicyclic amines) is 1. The fourth-order valence-electron chi connectivity index (χ4n) is 3.31. The minimum atomic E-state index is -4.84. The number of carbonyl (C=O) groups excluding carboxylic acids is 1. The number of rotatable bonds is 7. The molecule has 1 aliphatic heterocycles. The minimum Gasteiger partial charge on any atom is -0.476 e. The van der Waals surface area contributed by atoms with E-state index in [0.717, 1.165) is 17.4 Å². The van der Waals surface area contributed by atoms with E-state index in [0.29, 0.717) is 22.6 Å².